The first-order valence-corrected chi connectivity index (χ1v) is 9.86. The number of alkyl halides is 3. The minimum Gasteiger partial charge on any atom is -0.406 e. The fourth-order valence-electron chi connectivity index (χ4n) is 2.22. The summed E-state index contributed by atoms with van der Waals surface area (Å²) in [5, 5.41) is 2.51. The van der Waals surface area contributed by atoms with Gasteiger partial charge in [-0.3, -0.25) is 4.79 Å². The number of ether oxygens (including phenoxy) is 1. The first-order valence-electron chi connectivity index (χ1n) is 8.37. The molecule has 0 aromatic heterocycles. The molecular weight excluding hydrogens is 397 g/mol. The molecule has 0 saturated heterocycles. The summed E-state index contributed by atoms with van der Waals surface area (Å²) in [7, 11) is -3.70. The highest BCUT2D eigenvalue weighted by atomic mass is 32.2. The molecule has 2 N–H and O–H groups in total. The number of hydrogen-bond acceptors (Lipinski definition) is 4. The highest BCUT2D eigenvalue weighted by Gasteiger charge is 2.31. The third kappa shape index (κ3) is 6.54. The van der Waals surface area contributed by atoms with E-state index in [9.17, 15) is 26.4 Å². The molecule has 0 saturated carbocycles. The van der Waals surface area contributed by atoms with Gasteiger partial charge in [0, 0.05) is 17.8 Å². The lowest BCUT2D eigenvalue weighted by molar-refractivity contribution is -0.274. The van der Waals surface area contributed by atoms with E-state index in [-0.39, 0.29) is 16.1 Å². The van der Waals surface area contributed by atoms with E-state index < -0.39 is 28.0 Å². The lowest BCUT2D eigenvalue weighted by atomic mass is 10.2. The van der Waals surface area contributed by atoms with Crippen molar-refractivity contribution in [3.05, 3.63) is 54.1 Å². The van der Waals surface area contributed by atoms with Crippen molar-refractivity contribution in [1.29, 1.82) is 0 Å². The normalized spacial score (nSPS) is 11.9. The number of anilines is 1. The topological polar surface area (TPSA) is 84.5 Å². The lowest BCUT2D eigenvalue weighted by Gasteiger charge is -2.10. The molecule has 0 aliphatic rings. The molecule has 2 aromatic carbocycles. The summed E-state index contributed by atoms with van der Waals surface area (Å²) in [6, 6.07) is 10.0. The number of hydrogen-bond donors (Lipinski definition) is 2. The van der Waals surface area contributed by atoms with Crippen molar-refractivity contribution in [3.63, 3.8) is 0 Å². The molecule has 1 amide bonds. The number of unbranched alkanes of at least 4 members (excludes halogenated alkanes) is 1. The maximum Gasteiger partial charge on any atom is 0.573 e. The predicted molar refractivity (Wildman–Crippen MR) is 97.6 cm³/mol. The molecule has 0 atom stereocenters. The molecule has 0 fully saturated rings. The van der Waals surface area contributed by atoms with E-state index in [0.717, 1.165) is 18.6 Å². The molecule has 0 bridgehead atoms. The van der Waals surface area contributed by atoms with E-state index in [1.54, 1.807) is 0 Å². The monoisotopic (exact) mass is 416 g/mol. The summed E-state index contributed by atoms with van der Waals surface area (Å²) >= 11 is 0. The molecule has 0 aliphatic carbocycles. The summed E-state index contributed by atoms with van der Waals surface area (Å²) < 4.78 is 67.2. The molecule has 0 spiro atoms. The van der Waals surface area contributed by atoms with Crippen LogP contribution in [0, 0.1) is 0 Å². The molecule has 0 unspecified atom stereocenters. The zero-order chi connectivity index (χ0) is 20.8. The number of halogens is 3. The zero-order valence-corrected chi connectivity index (χ0v) is 15.7. The standard InChI is InChI=1S/C18H19F3N2O4S/c1-2-3-11-22-28(25,26)16-6-4-5-14(12-16)23-17(24)13-7-9-15(10-8-13)27-18(19,20)21/h4-10,12,22H,2-3,11H2,1H3,(H,23,24). The second kappa shape index (κ2) is 9.07. The van der Waals surface area contributed by atoms with Crippen LogP contribution in [0.4, 0.5) is 18.9 Å². The summed E-state index contributed by atoms with van der Waals surface area (Å²) in [4.78, 5) is 12.2. The molecule has 152 valence electrons. The van der Waals surface area contributed by atoms with Gasteiger partial charge in [0.2, 0.25) is 10.0 Å². The average molecular weight is 416 g/mol. The Morgan fingerprint density at radius 1 is 1.11 bits per heavy atom. The van der Waals surface area contributed by atoms with E-state index >= 15 is 0 Å². The first-order chi connectivity index (χ1) is 13.1. The summed E-state index contributed by atoms with van der Waals surface area (Å²) in [6.07, 6.45) is -3.28. The van der Waals surface area contributed by atoms with Crippen molar-refractivity contribution >= 4 is 21.6 Å². The summed E-state index contributed by atoms with van der Waals surface area (Å²) in [6.45, 7) is 2.24. The Morgan fingerprint density at radius 2 is 1.79 bits per heavy atom. The summed E-state index contributed by atoms with van der Waals surface area (Å²) in [5.74, 6) is -1.05. The highest BCUT2D eigenvalue weighted by molar-refractivity contribution is 7.89. The first kappa shape index (κ1) is 21.7. The fraction of sp³-hybridized carbons (Fsp3) is 0.278. The number of sulfonamides is 1. The number of amides is 1. The van der Waals surface area contributed by atoms with Gasteiger partial charge < -0.3 is 10.1 Å². The Bertz CT molecular complexity index is 913. The van der Waals surface area contributed by atoms with E-state index in [2.05, 4.69) is 14.8 Å². The lowest BCUT2D eigenvalue weighted by Crippen LogP contribution is -2.24. The number of benzene rings is 2. The minimum atomic E-state index is -4.82. The molecule has 0 radical (unpaired) electrons. The van der Waals surface area contributed by atoms with Gasteiger partial charge in [-0.15, -0.1) is 13.2 Å². The van der Waals surface area contributed by atoms with E-state index in [1.807, 2.05) is 6.92 Å². The van der Waals surface area contributed by atoms with Crippen LogP contribution in [0.15, 0.2) is 53.4 Å². The number of carbonyl (C=O) groups is 1. The molecule has 10 heteroatoms. The highest BCUT2D eigenvalue weighted by Crippen LogP contribution is 2.23. The van der Waals surface area contributed by atoms with Gasteiger partial charge in [-0.1, -0.05) is 19.4 Å². The molecular formula is C18H19F3N2O4S. The van der Waals surface area contributed by atoms with E-state index in [4.69, 9.17) is 0 Å². The van der Waals surface area contributed by atoms with Gasteiger partial charge in [0.15, 0.2) is 0 Å². The SMILES string of the molecule is CCCCNS(=O)(=O)c1cccc(NC(=O)c2ccc(OC(F)(F)F)cc2)c1. The van der Waals surface area contributed by atoms with Gasteiger partial charge in [0.1, 0.15) is 5.75 Å². The Kier molecular flexibility index (Phi) is 7.03. The minimum absolute atomic E-state index is 0.00433. The molecule has 28 heavy (non-hydrogen) atoms. The quantitative estimate of drug-likeness (QED) is 0.639. The van der Waals surface area contributed by atoms with Crippen LogP contribution in [-0.2, 0) is 10.0 Å². The van der Waals surface area contributed by atoms with Crippen LogP contribution in [0.2, 0.25) is 0 Å². The number of carbonyl (C=O) groups excluding carboxylic acids is 1. The van der Waals surface area contributed by atoms with E-state index in [1.165, 1.54) is 36.4 Å². The van der Waals surface area contributed by atoms with Crippen molar-refractivity contribution in [2.24, 2.45) is 0 Å². The van der Waals surface area contributed by atoms with E-state index in [0.29, 0.717) is 13.0 Å². The van der Waals surface area contributed by atoms with Gasteiger partial charge in [-0.2, -0.15) is 0 Å². The predicted octanol–water partition coefficient (Wildman–Crippen LogP) is 3.92. The summed E-state index contributed by atoms with van der Waals surface area (Å²) in [5.41, 5.74) is 0.322. The molecule has 6 nitrogen and oxygen atoms in total. The smallest absolute Gasteiger partial charge is 0.406 e. The zero-order valence-electron chi connectivity index (χ0n) is 14.9. The Balaban J connectivity index is 2.08. The fourth-order valence-corrected chi connectivity index (χ4v) is 3.34. The van der Waals surface area contributed by atoms with Crippen LogP contribution in [0.25, 0.3) is 0 Å². The van der Waals surface area contributed by atoms with Crippen molar-refractivity contribution in [1.82, 2.24) is 4.72 Å². The van der Waals surface area contributed by atoms with Crippen LogP contribution < -0.4 is 14.8 Å². The number of nitrogens with one attached hydrogen (secondary N) is 2. The van der Waals surface area contributed by atoms with Crippen molar-refractivity contribution in [2.75, 3.05) is 11.9 Å². The van der Waals surface area contributed by atoms with Crippen molar-refractivity contribution in [2.45, 2.75) is 31.0 Å². The van der Waals surface area contributed by atoms with Crippen LogP contribution in [0.5, 0.6) is 5.75 Å². The Morgan fingerprint density at radius 3 is 2.39 bits per heavy atom. The van der Waals surface area contributed by atoms with Crippen LogP contribution in [-0.4, -0.2) is 27.2 Å². The molecule has 2 aromatic rings. The van der Waals surface area contributed by atoms with Crippen molar-refractivity contribution in [3.8, 4) is 5.75 Å². The molecule has 0 heterocycles. The van der Waals surface area contributed by atoms with Crippen LogP contribution >= 0.6 is 0 Å². The number of rotatable bonds is 8. The Labute approximate surface area is 160 Å². The van der Waals surface area contributed by atoms with Crippen molar-refractivity contribution < 1.29 is 31.1 Å². The maximum absolute atomic E-state index is 12.2. The average Bonchev–Trinajstić information content (AvgIpc) is 2.61. The largest absolute Gasteiger partial charge is 0.573 e. The van der Waals surface area contributed by atoms with Gasteiger partial charge in [0.25, 0.3) is 5.91 Å². The maximum atomic E-state index is 12.2. The Hall–Kier alpha value is -2.59. The van der Waals surface area contributed by atoms with Crippen LogP contribution in [0.3, 0.4) is 0 Å². The third-order valence-corrected chi connectivity index (χ3v) is 5.03. The van der Waals surface area contributed by atoms with Gasteiger partial charge in [0.05, 0.1) is 4.90 Å². The molecule has 2 rings (SSSR count). The second-order valence-electron chi connectivity index (χ2n) is 5.81. The second-order valence-corrected chi connectivity index (χ2v) is 7.57. The van der Waals surface area contributed by atoms with Gasteiger partial charge in [-0.25, -0.2) is 13.1 Å². The van der Waals surface area contributed by atoms with Gasteiger partial charge in [-0.05, 0) is 48.9 Å². The van der Waals surface area contributed by atoms with Crippen LogP contribution in [0.1, 0.15) is 30.1 Å². The third-order valence-electron chi connectivity index (χ3n) is 3.57. The molecule has 0 aliphatic heterocycles. The van der Waals surface area contributed by atoms with Gasteiger partial charge >= 0.3 is 6.36 Å².